The lowest BCUT2D eigenvalue weighted by molar-refractivity contribution is -0.141. The van der Waals surface area contributed by atoms with Crippen LogP contribution in [0.2, 0.25) is 0 Å². The van der Waals surface area contributed by atoms with Crippen LogP contribution in [0.1, 0.15) is 12.0 Å². The summed E-state index contributed by atoms with van der Waals surface area (Å²) in [6, 6.07) is 14.7. The number of carbonyl (C=O) groups is 3. The monoisotopic (exact) mass is 384 g/mol. The second-order valence-corrected chi connectivity index (χ2v) is 6.78. The van der Waals surface area contributed by atoms with Gasteiger partial charge in [-0.15, -0.1) is 0 Å². The molecule has 7 heteroatoms. The van der Waals surface area contributed by atoms with E-state index in [9.17, 15) is 23.9 Å². The van der Waals surface area contributed by atoms with Gasteiger partial charge in [-0.3, -0.25) is 14.4 Å². The summed E-state index contributed by atoms with van der Waals surface area (Å²) < 4.78 is 13.1. The molecule has 28 heavy (non-hydrogen) atoms. The summed E-state index contributed by atoms with van der Waals surface area (Å²) in [7, 11) is 0. The predicted octanol–water partition coefficient (Wildman–Crippen LogP) is 2.24. The molecule has 0 saturated carbocycles. The normalized spacial score (nSPS) is 17.4. The Kier molecular flexibility index (Phi) is 6.03. The van der Waals surface area contributed by atoms with Crippen molar-refractivity contribution in [3.8, 4) is 0 Å². The van der Waals surface area contributed by atoms with Crippen molar-refractivity contribution in [2.75, 3.05) is 18.0 Å². The van der Waals surface area contributed by atoms with Crippen LogP contribution in [0, 0.1) is 17.7 Å². The molecular formula is C21H21FN2O4. The number of benzene rings is 2. The number of aliphatic carboxylic acids is 1. The van der Waals surface area contributed by atoms with Crippen LogP contribution >= 0.6 is 0 Å². The molecule has 1 aliphatic rings. The minimum Gasteiger partial charge on any atom is -0.481 e. The van der Waals surface area contributed by atoms with Gasteiger partial charge in [-0.2, -0.15) is 0 Å². The maximum Gasteiger partial charge on any atom is 0.308 e. The first-order chi connectivity index (χ1) is 13.5. The Balaban J connectivity index is 1.58. The molecule has 1 aliphatic heterocycles. The van der Waals surface area contributed by atoms with Gasteiger partial charge in [0.15, 0.2) is 0 Å². The average molecular weight is 384 g/mol. The third-order valence-corrected chi connectivity index (χ3v) is 4.86. The van der Waals surface area contributed by atoms with Gasteiger partial charge < -0.3 is 15.3 Å². The smallest absolute Gasteiger partial charge is 0.308 e. The average Bonchev–Trinajstić information content (AvgIpc) is 3.07. The molecule has 1 saturated heterocycles. The molecule has 0 bridgehead atoms. The van der Waals surface area contributed by atoms with Crippen molar-refractivity contribution in [3.63, 3.8) is 0 Å². The summed E-state index contributed by atoms with van der Waals surface area (Å²) in [5, 5.41) is 12.0. The molecule has 146 valence electrons. The van der Waals surface area contributed by atoms with Crippen LogP contribution in [0.4, 0.5) is 10.1 Å². The highest BCUT2D eigenvalue weighted by molar-refractivity contribution is 6.09. The fraction of sp³-hybridized carbons (Fsp3) is 0.286. The Hall–Kier alpha value is -3.22. The number of carboxylic acids is 1. The topological polar surface area (TPSA) is 86.7 Å². The van der Waals surface area contributed by atoms with Gasteiger partial charge in [0, 0.05) is 18.8 Å². The van der Waals surface area contributed by atoms with E-state index in [4.69, 9.17) is 0 Å². The van der Waals surface area contributed by atoms with Crippen molar-refractivity contribution in [2.45, 2.75) is 12.8 Å². The zero-order valence-corrected chi connectivity index (χ0v) is 15.2. The van der Waals surface area contributed by atoms with Crippen molar-refractivity contribution in [2.24, 2.45) is 11.8 Å². The maximum absolute atomic E-state index is 13.1. The Labute approximate surface area is 162 Å². The van der Waals surface area contributed by atoms with Gasteiger partial charge in [-0.05, 0) is 42.7 Å². The van der Waals surface area contributed by atoms with Crippen molar-refractivity contribution in [1.29, 1.82) is 0 Å². The summed E-state index contributed by atoms with van der Waals surface area (Å²) in [4.78, 5) is 38.0. The number of nitrogens with one attached hydrogen (secondary N) is 1. The molecule has 1 heterocycles. The summed E-state index contributed by atoms with van der Waals surface area (Å²) >= 11 is 0. The van der Waals surface area contributed by atoms with E-state index in [0.29, 0.717) is 18.7 Å². The standard InChI is InChI=1S/C21H21FN2O4/c22-16-6-8-17(9-7-16)24-11-10-18(20(24)26)19(25)23-13-15(21(27)28)12-14-4-2-1-3-5-14/h1-9,15,18H,10-13H2,(H,23,25)(H,27,28). The first-order valence-corrected chi connectivity index (χ1v) is 9.07. The highest BCUT2D eigenvalue weighted by atomic mass is 19.1. The SMILES string of the molecule is O=C(O)C(CNC(=O)C1CCN(c2ccc(F)cc2)C1=O)Cc1ccccc1. The first-order valence-electron chi connectivity index (χ1n) is 9.07. The first kappa shape index (κ1) is 19.5. The largest absolute Gasteiger partial charge is 0.481 e. The van der Waals surface area contributed by atoms with E-state index in [1.165, 1.54) is 29.2 Å². The number of rotatable bonds is 7. The van der Waals surface area contributed by atoms with Crippen LogP contribution in [0.25, 0.3) is 0 Å². The predicted molar refractivity (Wildman–Crippen MR) is 101 cm³/mol. The van der Waals surface area contributed by atoms with Crippen LogP contribution in [-0.4, -0.2) is 36.0 Å². The molecule has 2 atom stereocenters. The number of hydrogen-bond acceptors (Lipinski definition) is 3. The van der Waals surface area contributed by atoms with E-state index in [1.807, 2.05) is 30.3 Å². The van der Waals surface area contributed by atoms with E-state index >= 15 is 0 Å². The number of halogens is 1. The van der Waals surface area contributed by atoms with E-state index in [-0.39, 0.29) is 18.9 Å². The van der Waals surface area contributed by atoms with Crippen molar-refractivity contribution in [1.82, 2.24) is 5.32 Å². The van der Waals surface area contributed by atoms with E-state index in [1.54, 1.807) is 0 Å². The molecule has 2 aromatic rings. The number of amides is 2. The van der Waals surface area contributed by atoms with Crippen LogP contribution < -0.4 is 10.2 Å². The Bertz CT molecular complexity index is 854. The highest BCUT2D eigenvalue weighted by Crippen LogP contribution is 2.25. The minimum atomic E-state index is -1.00. The van der Waals surface area contributed by atoms with Crippen molar-refractivity contribution >= 4 is 23.5 Å². The van der Waals surface area contributed by atoms with Crippen LogP contribution in [0.15, 0.2) is 54.6 Å². The van der Waals surface area contributed by atoms with Gasteiger partial charge in [0.25, 0.3) is 0 Å². The van der Waals surface area contributed by atoms with Gasteiger partial charge in [0.2, 0.25) is 11.8 Å². The highest BCUT2D eigenvalue weighted by Gasteiger charge is 2.37. The Morgan fingerprint density at radius 3 is 2.46 bits per heavy atom. The Morgan fingerprint density at radius 2 is 1.82 bits per heavy atom. The molecule has 0 aromatic heterocycles. The zero-order valence-electron chi connectivity index (χ0n) is 15.2. The fourth-order valence-corrected chi connectivity index (χ4v) is 3.29. The number of hydrogen-bond donors (Lipinski definition) is 2. The lowest BCUT2D eigenvalue weighted by Crippen LogP contribution is -2.40. The Morgan fingerprint density at radius 1 is 1.14 bits per heavy atom. The maximum atomic E-state index is 13.1. The van der Waals surface area contributed by atoms with Gasteiger partial charge >= 0.3 is 5.97 Å². The van der Waals surface area contributed by atoms with Crippen molar-refractivity contribution < 1.29 is 23.9 Å². The van der Waals surface area contributed by atoms with Gasteiger partial charge in [0.1, 0.15) is 11.7 Å². The van der Waals surface area contributed by atoms with Crippen LogP contribution in [-0.2, 0) is 20.8 Å². The molecule has 2 aromatic carbocycles. The molecule has 2 amide bonds. The molecule has 0 aliphatic carbocycles. The number of anilines is 1. The second-order valence-electron chi connectivity index (χ2n) is 6.78. The second kappa shape index (κ2) is 8.65. The summed E-state index contributed by atoms with van der Waals surface area (Å²) in [5.74, 6) is -3.89. The lowest BCUT2D eigenvalue weighted by Gasteiger charge is -2.18. The van der Waals surface area contributed by atoms with E-state index in [0.717, 1.165) is 5.56 Å². The summed E-state index contributed by atoms with van der Waals surface area (Å²) in [6.45, 7) is 0.304. The zero-order chi connectivity index (χ0) is 20.1. The minimum absolute atomic E-state index is 0.0522. The van der Waals surface area contributed by atoms with Crippen LogP contribution in [0.3, 0.4) is 0 Å². The molecule has 1 fully saturated rings. The van der Waals surface area contributed by atoms with Crippen LogP contribution in [0.5, 0.6) is 0 Å². The molecule has 3 rings (SSSR count). The van der Waals surface area contributed by atoms with E-state index in [2.05, 4.69) is 5.32 Å². The molecule has 0 radical (unpaired) electrons. The number of carbonyl (C=O) groups excluding carboxylic acids is 2. The molecule has 2 N–H and O–H groups in total. The third-order valence-electron chi connectivity index (χ3n) is 4.86. The lowest BCUT2D eigenvalue weighted by atomic mass is 9.99. The molecular weight excluding hydrogens is 363 g/mol. The molecule has 0 spiro atoms. The molecule has 2 unspecified atom stereocenters. The quantitative estimate of drug-likeness (QED) is 0.717. The number of carboxylic acid groups (broad SMARTS) is 1. The van der Waals surface area contributed by atoms with Crippen molar-refractivity contribution in [3.05, 3.63) is 66.0 Å². The summed E-state index contributed by atoms with van der Waals surface area (Å²) in [5.41, 5.74) is 1.40. The molecule has 6 nitrogen and oxygen atoms in total. The third kappa shape index (κ3) is 4.54. The fourth-order valence-electron chi connectivity index (χ4n) is 3.29. The number of nitrogens with zero attached hydrogens (tertiary/aromatic N) is 1. The summed E-state index contributed by atoms with van der Waals surface area (Å²) in [6.07, 6.45) is 0.620. The van der Waals surface area contributed by atoms with Gasteiger partial charge in [-0.1, -0.05) is 30.3 Å². The van der Waals surface area contributed by atoms with Gasteiger partial charge in [0.05, 0.1) is 5.92 Å². The van der Waals surface area contributed by atoms with E-state index < -0.39 is 29.5 Å². The van der Waals surface area contributed by atoms with Gasteiger partial charge in [-0.25, -0.2) is 4.39 Å².